The molecule has 0 saturated heterocycles. The van der Waals surface area contributed by atoms with Crippen molar-refractivity contribution in [3.63, 3.8) is 0 Å². The number of nitrogens with one attached hydrogen (secondary N) is 1. The van der Waals surface area contributed by atoms with Crippen LogP contribution in [0.3, 0.4) is 0 Å². The van der Waals surface area contributed by atoms with Crippen LogP contribution in [0.5, 0.6) is 0 Å². The Bertz CT molecular complexity index is 1290. The van der Waals surface area contributed by atoms with Gasteiger partial charge in [-0.15, -0.1) is 0 Å². The molecule has 0 unspecified atom stereocenters. The molecular formula is C23H17FN2O4. The van der Waals surface area contributed by atoms with Gasteiger partial charge in [0.1, 0.15) is 17.2 Å². The largest absolute Gasteiger partial charge is 0.478 e. The molecule has 4 rings (SSSR count). The molecule has 0 aliphatic carbocycles. The standard InChI is InChI=1S/C23H17FN2O4/c1-26-22(27)20-18-11-13(14-8-15(23(28)29)10-17(25)9-14)4-7-19(18)30-21(20)12-2-5-16(24)6-3-12/h2-11H,25H2,1H3,(H,26,27)(H,28,29). The van der Waals surface area contributed by atoms with Crippen LogP contribution >= 0.6 is 0 Å². The van der Waals surface area contributed by atoms with Gasteiger partial charge in [0.05, 0.1) is 11.1 Å². The van der Waals surface area contributed by atoms with Crippen molar-refractivity contribution < 1.29 is 23.5 Å². The van der Waals surface area contributed by atoms with Crippen LogP contribution in [0.2, 0.25) is 0 Å². The van der Waals surface area contributed by atoms with Gasteiger partial charge in [-0.2, -0.15) is 0 Å². The molecule has 0 aliphatic heterocycles. The van der Waals surface area contributed by atoms with E-state index in [1.165, 1.54) is 43.4 Å². The summed E-state index contributed by atoms with van der Waals surface area (Å²) in [4.78, 5) is 24.0. The van der Waals surface area contributed by atoms with E-state index in [1.54, 1.807) is 24.3 Å². The molecule has 0 fully saturated rings. The summed E-state index contributed by atoms with van der Waals surface area (Å²) in [6, 6.07) is 15.4. The third kappa shape index (κ3) is 3.37. The van der Waals surface area contributed by atoms with Gasteiger partial charge in [-0.1, -0.05) is 6.07 Å². The first-order chi connectivity index (χ1) is 14.4. The van der Waals surface area contributed by atoms with Crippen molar-refractivity contribution in [1.29, 1.82) is 0 Å². The molecule has 0 aliphatic rings. The number of hydrogen-bond acceptors (Lipinski definition) is 4. The number of carbonyl (C=O) groups excluding carboxylic acids is 1. The quantitative estimate of drug-likeness (QED) is 0.433. The summed E-state index contributed by atoms with van der Waals surface area (Å²) in [5.41, 5.74) is 8.86. The van der Waals surface area contributed by atoms with Crippen LogP contribution in [0, 0.1) is 5.82 Å². The van der Waals surface area contributed by atoms with E-state index in [2.05, 4.69) is 5.32 Å². The van der Waals surface area contributed by atoms with Crippen LogP contribution in [0.1, 0.15) is 20.7 Å². The summed E-state index contributed by atoms with van der Waals surface area (Å²) in [5.74, 6) is -1.52. The molecule has 4 N–H and O–H groups in total. The number of amides is 1. The van der Waals surface area contributed by atoms with Crippen LogP contribution in [0.15, 0.2) is 65.1 Å². The van der Waals surface area contributed by atoms with E-state index in [-0.39, 0.29) is 11.5 Å². The Morgan fingerprint density at radius 2 is 1.67 bits per heavy atom. The van der Waals surface area contributed by atoms with Gasteiger partial charge in [0.2, 0.25) is 0 Å². The zero-order chi connectivity index (χ0) is 21.4. The van der Waals surface area contributed by atoms with Crippen molar-refractivity contribution in [2.75, 3.05) is 12.8 Å². The van der Waals surface area contributed by atoms with E-state index < -0.39 is 11.8 Å². The second kappa shape index (κ2) is 7.36. The van der Waals surface area contributed by atoms with E-state index in [0.717, 1.165) is 0 Å². The van der Waals surface area contributed by atoms with Gasteiger partial charge in [-0.3, -0.25) is 4.79 Å². The third-order valence-corrected chi connectivity index (χ3v) is 4.78. The van der Waals surface area contributed by atoms with E-state index in [0.29, 0.717) is 44.7 Å². The molecule has 0 atom stereocenters. The average Bonchev–Trinajstić information content (AvgIpc) is 3.11. The minimum absolute atomic E-state index is 0.0656. The lowest BCUT2D eigenvalue weighted by molar-refractivity contribution is 0.0696. The highest BCUT2D eigenvalue weighted by Crippen LogP contribution is 2.36. The normalized spacial score (nSPS) is 10.9. The van der Waals surface area contributed by atoms with Gasteiger partial charge < -0.3 is 20.6 Å². The summed E-state index contributed by atoms with van der Waals surface area (Å²) < 4.78 is 19.3. The highest BCUT2D eigenvalue weighted by molar-refractivity contribution is 6.11. The predicted octanol–water partition coefficient (Wildman–Crippen LogP) is 4.55. The fraction of sp³-hybridized carbons (Fsp3) is 0.0435. The lowest BCUT2D eigenvalue weighted by atomic mass is 9.98. The van der Waals surface area contributed by atoms with E-state index in [4.69, 9.17) is 10.2 Å². The molecule has 7 heteroatoms. The molecule has 0 bridgehead atoms. The lowest BCUT2D eigenvalue weighted by Crippen LogP contribution is -2.18. The number of anilines is 1. The molecular weight excluding hydrogens is 387 g/mol. The van der Waals surface area contributed by atoms with Crippen molar-refractivity contribution in [2.45, 2.75) is 0 Å². The van der Waals surface area contributed by atoms with Crippen molar-refractivity contribution >= 4 is 28.5 Å². The van der Waals surface area contributed by atoms with Gasteiger partial charge in [0.15, 0.2) is 0 Å². The fourth-order valence-electron chi connectivity index (χ4n) is 3.37. The SMILES string of the molecule is CNC(=O)c1c(-c2ccc(F)cc2)oc2ccc(-c3cc(N)cc(C(=O)O)c3)cc12. The molecule has 0 spiro atoms. The van der Waals surface area contributed by atoms with E-state index >= 15 is 0 Å². The molecule has 1 heterocycles. The van der Waals surface area contributed by atoms with Crippen molar-refractivity contribution in [3.05, 3.63) is 77.6 Å². The third-order valence-electron chi connectivity index (χ3n) is 4.78. The molecule has 1 amide bonds. The first-order valence-corrected chi connectivity index (χ1v) is 9.06. The van der Waals surface area contributed by atoms with Crippen LogP contribution in [-0.4, -0.2) is 24.0 Å². The van der Waals surface area contributed by atoms with Gasteiger partial charge in [0.25, 0.3) is 5.91 Å². The number of furan rings is 1. The fourth-order valence-corrected chi connectivity index (χ4v) is 3.37. The molecule has 4 aromatic rings. The minimum Gasteiger partial charge on any atom is -0.478 e. The summed E-state index contributed by atoms with van der Waals surface area (Å²) >= 11 is 0. The smallest absolute Gasteiger partial charge is 0.335 e. The van der Waals surface area contributed by atoms with E-state index in [9.17, 15) is 19.1 Å². The number of halogens is 1. The highest BCUT2D eigenvalue weighted by atomic mass is 19.1. The maximum Gasteiger partial charge on any atom is 0.335 e. The van der Waals surface area contributed by atoms with Crippen LogP contribution in [0.25, 0.3) is 33.4 Å². The zero-order valence-electron chi connectivity index (χ0n) is 15.9. The summed E-state index contributed by atoms with van der Waals surface area (Å²) in [5, 5.41) is 12.4. The number of carbonyl (C=O) groups is 2. The van der Waals surface area contributed by atoms with Crippen molar-refractivity contribution in [2.24, 2.45) is 0 Å². The first-order valence-electron chi connectivity index (χ1n) is 9.06. The number of hydrogen-bond donors (Lipinski definition) is 3. The number of fused-ring (bicyclic) bond motifs is 1. The summed E-state index contributed by atoms with van der Waals surface area (Å²) in [7, 11) is 1.51. The van der Waals surface area contributed by atoms with Gasteiger partial charge in [-0.25, -0.2) is 9.18 Å². The van der Waals surface area contributed by atoms with Gasteiger partial charge >= 0.3 is 5.97 Å². The van der Waals surface area contributed by atoms with Gasteiger partial charge in [-0.05, 0) is 65.7 Å². The summed E-state index contributed by atoms with van der Waals surface area (Å²) in [6.07, 6.45) is 0. The Balaban J connectivity index is 1.94. The Kier molecular flexibility index (Phi) is 4.71. The number of carboxylic acid groups (broad SMARTS) is 1. The van der Waals surface area contributed by atoms with Crippen LogP contribution < -0.4 is 11.1 Å². The molecule has 150 valence electrons. The highest BCUT2D eigenvalue weighted by Gasteiger charge is 2.22. The van der Waals surface area contributed by atoms with Crippen molar-refractivity contribution in [3.8, 4) is 22.5 Å². The van der Waals surface area contributed by atoms with Crippen LogP contribution in [-0.2, 0) is 0 Å². The Labute approximate surface area is 170 Å². The lowest BCUT2D eigenvalue weighted by Gasteiger charge is -2.06. The minimum atomic E-state index is -1.09. The molecule has 1 aromatic heterocycles. The number of carboxylic acids is 1. The monoisotopic (exact) mass is 404 g/mol. The molecule has 6 nitrogen and oxygen atoms in total. The van der Waals surface area contributed by atoms with Gasteiger partial charge in [0, 0.05) is 23.7 Å². The first kappa shape index (κ1) is 19.2. The number of aromatic carboxylic acids is 1. The van der Waals surface area contributed by atoms with Crippen LogP contribution in [0.4, 0.5) is 10.1 Å². The molecule has 3 aromatic carbocycles. The number of benzene rings is 3. The second-order valence-electron chi connectivity index (χ2n) is 6.75. The van der Waals surface area contributed by atoms with E-state index in [1.807, 2.05) is 0 Å². The maximum atomic E-state index is 13.3. The van der Waals surface area contributed by atoms with Crippen molar-refractivity contribution in [1.82, 2.24) is 5.32 Å². The maximum absolute atomic E-state index is 13.3. The molecule has 0 radical (unpaired) electrons. The number of nitrogen functional groups attached to an aromatic ring is 1. The number of nitrogens with two attached hydrogens (primary N) is 1. The second-order valence-corrected chi connectivity index (χ2v) is 6.75. The molecule has 0 saturated carbocycles. The Morgan fingerprint density at radius 1 is 0.967 bits per heavy atom. The topological polar surface area (TPSA) is 106 Å². The average molecular weight is 404 g/mol. The Hall–Kier alpha value is -4.13. The summed E-state index contributed by atoms with van der Waals surface area (Å²) in [6.45, 7) is 0. The zero-order valence-corrected chi connectivity index (χ0v) is 15.9. The Morgan fingerprint density at radius 3 is 2.33 bits per heavy atom. The predicted molar refractivity (Wildman–Crippen MR) is 112 cm³/mol. The number of rotatable bonds is 4. The molecule has 30 heavy (non-hydrogen) atoms.